The van der Waals surface area contributed by atoms with Gasteiger partial charge in [-0.3, -0.25) is 4.79 Å². The van der Waals surface area contributed by atoms with Gasteiger partial charge in [0.25, 0.3) is 5.92 Å². The number of carbonyl (C=O) groups excluding carboxylic acids is 1. The third kappa shape index (κ3) is 4.88. The summed E-state index contributed by atoms with van der Waals surface area (Å²) in [6, 6.07) is 2.06. The molecule has 1 amide bonds. The summed E-state index contributed by atoms with van der Waals surface area (Å²) in [5.74, 6) is -3.41. The number of fused-ring (bicyclic) bond motifs is 1. The molecule has 0 spiro atoms. The third-order valence-corrected chi connectivity index (χ3v) is 5.84. The summed E-state index contributed by atoms with van der Waals surface area (Å²) in [7, 11) is 1.75. The molecule has 13 heteroatoms. The number of imidazole rings is 1. The summed E-state index contributed by atoms with van der Waals surface area (Å²) < 4.78 is 69.3. The van der Waals surface area contributed by atoms with Crippen molar-refractivity contribution in [3.05, 3.63) is 48.3 Å². The first-order valence-corrected chi connectivity index (χ1v) is 10.6. The molecular formula is C22H22F5N7O. The van der Waals surface area contributed by atoms with Gasteiger partial charge in [0.05, 0.1) is 16.6 Å². The molecule has 2 aromatic heterocycles. The second-order valence-electron chi connectivity index (χ2n) is 8.27. The van der Waals surface area contributed by atoms with Gasteiger partial charge in [-0.25, -0.2) is 23.7 Å². The number of nitrogens with one attached hydrogen (secondary N) is 2. The van der Waals surface area contributed by atoms with Gasteiger partial charge in [-0.05, 0) is 30.7 Å². The van der Waals surface area contributed by atoms with Gasteiger partial charge in [0.1, 0.15) is 6.04 Å². The van der Waals surface area contributed by atoms with Crippen LogP contribution in [0.1, 0.15) is 17.5 Å². The van der Waals surface area contributed by atoms with Crippen molar-refractivity contribution in [2.75, 3.05) is 28.6 Å². The molecule has 1 aliphatic heterocycles. The molecule has 0 aliphatic carbocycles. The van der Waals surface area contributed by atoms with E-state index in [0.717, 1.165) is 17.2 Å². The zero-order chi connectivity index (χ0) is 25.5. The van der Waals surface area contributed by atoms with Crippen molar-refractivity contribution in [2.45, 2.75) is 31.5 Å². The van der Waals surface area contributed by atoms with E-state index in [0.29, 0.717) is 29.5 Å². The molecule has 186 valence electrons. The lowest BCUT2D eigenvalue weighted by Crippen LogP contribution is -2.55. The highest BCUT2D eigenvalue weighted by molar-refractivity contribution is 6.00. The molecule has 2 N–H and O–H groups in total. The number of amides is 1. The Balaban J connectivity index is 1.59. The van der Waals surface area contributed by atoms with E-state index in [-0.39, 0.29) is 24.9 Å². The van der Waals surface area contributed by atoms with Crippen LogP contribution < -0.4 is 15.5 Å². The molecule has 1 atom stereocenters. The number of hydrogen-bond donors (Lipinski definition) is 2. The van der Waals surface area contributed by atoms with Gasteiger partial charge in [-0.1, -0.05) is 6.58 Å². The van der Waals surface area contributed by atoms with Gasteiger partial charge in [-0.15, -0.1) is 0 Å². The molecule has 1 saturated heterocycles. The van der Waals surface area contributed by atoms with Crippen LogP contribution in [0.4, 0.5) is 39.5 Å². The Morgan fingerprint density at radius 3 is 2.57 bits per heavy atom. The van der Waals surface area contributed by atoms with Crippen LogP contribution in [0.25, 0.3) is 11.0 Å². The van der Waals surface area contributed by atoms with Crippen molar-refractivity contribution >= 4 is 34.5 Å². The minimum absolute atomic E-state index is 0.00918. The molecule has 3 aromatic rings. The molecule has 1 unspecified atom stereocenters. The Hall–Kier alpha value is -3.77. The lowest BCUT2D eigenvalue weighted by molar-refractivity contribution is -0.138. The molecule has 8 nitrogen and oxygen atoms in total. The third-order valence-electron chi connectivity index (χ3n) is 5.84. The zero-order valence-corrected chi connectivity index (χ0v) is 18.8. The lowest BCUT2D eigenvalue weighted by atomic mass is 10.0. The fourth-order valence-corrected chi connectivity index (χ4v) is 3.87. The quantitative estimate of drug-likeness (QED) is 0.409. The van der Waals surface area contributed by atoms with E-state index in [2.05, 4.69) is 32.2 Å². The number of alkyl halides is 5. The number of halogens is 5. The van der Waals surface area contributed by atoms with Crippen molar-refractivity contribution in [1.29, 1.82) is 0 Å². The summed E-state index contributed by atoms with van der Waals surface area (Å²) in [5.41, 5.74) is 1.56. The second kappa shape index (κ2) is 8.78. The first-order chi connectivity index (χ1) is 16.4. The number of anilines is 3. The summed E-state index contributed by atoms with van der Waals surface area (Å²) in [4.78, 5) is 25.0. The number of aromatic nitrogens is 4. The number of aryl methyl sites for hydroxylation is 2. The minimum atomic E-state index is -4.63. The van der Waals surface area contributed by atoms with Crippen LogP contribution in [0.15, 0.2) is 37.2 Å². The van der Waals surface area contributed by atoms with Crippen LogP contribution in [-0.4, -0.2) is 50.5 Å². The van der Waals surface area contributed by atoms with Gasteiger partial charge in [-0.2, -0.15) is 13.2 Å². The summed E-state index contributed by atoms with van der Waals surface area (Å²) >= 11 is 0. The molecule has 0 saturated carbocycles. The normalized spacial score (nSPS) is 17.9. The van der Waals surface area contributed by atoms with Crippen LogP contribution in [0.2, 0.25) is 0 Å². The van der Waals surface area contributed by atoms with Crippen LogP contribution in [0, 0.1) is 6.92 Å². The first kappa shape index (κ1) is 24.4. The average molecular weight is 495 g/mol. The summed E-state index contributed by atoms with van der Waals surface area (Å²) in [6.45, 7) is 5.07. The average Bonchev–Trinajstić information content (AvgIpc) is 3.10. The SMILES string of the molecule is C=CC(=O)Nc1cc2nc(N3CCC(F)(F)C(Nc4ncc(C(F)(F)F)cn4)C3)n(C)c2cc1C. The highest BCUT2D eigenvalue weighted by Crippen LogP contribution is 2.34. The second-order valence-corrected chi connectivity index (χ2v) is 8.27. The standard InChI is InChI=1S/C22H22F5N7O/c1-4-18(35)30-14-8-15-16(7-12(14)2)33(3)20(31-15)34-6-5-21(23,24)17(11-34)32-19-28-9-13(10-29-19)22(25,26)27/h4,7-10,17H,1,5-6,11H2,2-3H3,(H,30,35)(H,28,29,32). The number of nitrogens with zero attached hydrogens (tertiary/aromatic N) is 5. The number of rotatable bonds is 5. The maximum absolute atomic E-state index is 14.7. The Morgan fingerprint density at radius 1 is 1.26 bits per heavy atom. The van der Waals surface area contributed by atoms with E-state index in [1.165, 1.54) is 0 Å². The van der Waals surface area contributed by atoms with Crippen LogP contribution in [0.5, 0.6) is 0 Å². The van der Waals surface area contributed by atoms with Gasteiger partial charge in [0.15, 0.2) is 0 Å². The van der Waals surface area contributed by atoms with Crippen molar-refractivity contribution in [3.63, 3.8) is 0 Å². The fourth-order valence-electron chi connectivity index (χ4n) is 3.87. The molecular weight excluding hydrogens is 473 g/mol. The van der Waals surface area contributed by atoms with Gasteiger partial charge in [0.2, 0.25) is 17.8 Å². The molecule has 1 aliphatic rings. The first-order valence-electron chi connectivity index (χ1n) is 10.6. The Kier molecular flexibility index (Phi) is 6.11. The predicted molar refractivity (Wildman–Crippen MR) is 120 cm³/mol. The molecule has 0 radical (unpaired) electrons. The highest BCUT2D eigenvalue weighted by Gasteiger charge is 2.45. The van der Waals surface area contributed by atoms with Crippen LogP contribution >= 0.6 is 0 Å². The van der Waals surface area contributed by atoms with Crippen LogP contribution in [0.3, 0.4) is 0 Å². The molecule has 4 rings (SSSR count). The topological polar surface area (TPSA) is 88.0 Å². The number of carbonyl (C=O) groups is 1. The molecule has 1 aromatic carbocycles. The largest absolute Gasteiger partial charge is 0.419 e. The number of hydrogen-bond acceptors (Lipinski definition) is 6. The van der Waals surface area contributed by atoms with Gasteiger partial charge < -0.3 is 20.1 Å². The molecule has 0 bridgehead atoms. The maximum atomic E-state index is 14.7. The monoisotopic (exact) mass is 495 g/mol. The van der Waals surface area contributed by atoms with Crippen LogP contribution in [-0.2, 0) is 18.0 Å². The van der Waals surface area contributed by atoms with Gasteiger partial charge >= 0.3 is 6.18 Å². The van der Waals surface area contributed by atoms with E-state index < -0.39 is 30.1 Å². The van der Waals surface area contributed by atoms with Crippen molar-refractivity contribution in [3.8, 4) is 0 Å². The zero-order valence-electron chi connectivity index (χ0n) is 18.8. The maximum Gasteiger partial charge on any atom is 0.419 e. The molecule has 1 fully saturated rings. The van der Waals surface area contributed by atoms with E-state index in [1.54, 1.807) is 22.6 Å². The van der Waals surface area contributed by atoms with E-state index in [4.69, 9.17) is 0 Å². The van der Waals surface area contributed by atoms with E-state index in [9.17, 15) is 26.7 Å². The lowest BCUT2D eigenvalue weighted by Gasteiger charge is -2.39. The fraction of sp³-hybridized carbons (Fsp3) is 0.364. The molecule has 3 heterocycles. The van der Waals surface area contributed by atoms with E-state index in [1.807, 2.05) is 13.0 Å². The predicted octanol–water partition coefficient (Wildman–Crippen LogP) is 4.14. The Bertz CT molecular complexity index is 1270. The van der Waals surface area contributed by atoms with Crippen molar-refractivity contribution in [2.24, 2.45) is 7.05 Å². The van der Waals surface area contributed by atoms with Crippen molar-refractivity contribution < 1.29 is 26.7 Å². The van der Waals surface area contributed by atoms with Gasteiger partial charge in [0, 0.05) is 44.6 Å². The Labute approximate surface area is 196 Å². The van der Waals surface area contributed by atoms with Crippen molar-refractivity contribution in [1.82, 2.24) is 19.5 Å². The summed E-state index contributed by atoms with van der Waals surface area (Å²) in [5, 5.41) is 5.18. The minimum Gasteiger partial charge on any atom is -0.344 e. The Morgan fingerprint density at radius 2 is 1.94 bits per heavy atom. The smallest absolute Gasteiger partial charge is 0.344 e. The highest BCUT2D eigenvalue weighted by atomic mass is 19.4. The number of piperidine rings is 1. The number of benzene rings is 1. The van der Waals surface area contributed by atoms with E-state index >= 15 is 0 Å². The molecule has 35 heavy (non-hydrogen) atoms. The summed E-state index contributed by atoms with van der Waals surface area (Å²) in [6.07, 6.45) is -2.89.